The van der Waals surface area contributed by atoms with Crippen LogP contribution in [0.4, 0.5) is 5.69 Å². The number of aromatic carboxylic acids is 1. The molecule has 0 aliphatic carbocycles. The summed E-state index contributed by atoms with van der Waals surface area (Å²) in [6.07, 6.45) is 0.452. The molecule has 2 aromatic carbocycles. The van der Waals surface area contributed by atoms with Gasteiger partial charge in [0.25, 0.3) is 5.91 Å². The molecule has 0 saturated heterocycles. The second kappa shape index (κ2) is 8.80. The van der Waals surface area contributed by atoms with Crippen molar-refractivity contribution in [3.8, 4) is 0 Å². The van der Waals surface area contributed by atoms with Crippen LogP contribution >= 0.6 is 0 Å². The van der Waals surface area contributed by atoms with E-state index in [1.165, 1.54) is 24.3 Å². The molecule has 0 aliphatic heterocycles. The minimum absolute atomic E-state index is 0.0419. The predicted octanol–water partition coefficient (Wildman–Crippen LogP) is 3.30. The third-order valence-corrected chi connectivity index (χ3v) is 3.65. The van der Waals surface area contributed by atoms with Crippen LogP contribution in [0.5, 0.6) is 0 Å². The van der Waals surface area contributed by atoms with Crippen LogP contribution < -0.4 is 10.6 Å². The molecule has 0 spiro atoms. The van der Waals surface area contributed by atoms with Crippen molar-refractivity contribution in [1.29, 1.82) is 0 Å². The lowest BCUT2D eigenvalue weighted by molar-refractivity contribution is -0.116. The SMILES string of the molecule is CC(C)CC(=O)Nc1cccc(CNC(=O)c2ccc(C(=O)O)cc2)c1. The highest BCUT2D eigenvalue weighted by atomic mass is 16.4. The maximum absolute atomic E-state index is 12.2. The number of carboxylic acids is 1. The first-order valence-electron chi connectivity index (χ1n) is 8.35. The summed E-state index contributed by atoms with van der Waals surface area (Å²) in [6.45, 7) is 4.26. The number of amides is 2. The van der Waals surface area contributed by atoms with Crippen molar-refractivity contribution in [1.82, 2.24) is 5.32 Å². The lowest BCUT2D eigenvalue weighted by Crippen LogP contribution is -2.23. The maximum atomic E-state index is 12.2. The van der Waals surface area contributed by atoms with Crippen LogP contribution in [0.1, 0.15) is 46.5 Å². The fourth-order valence-corrected chi connectivity index (χ4v) is 2.39. The number of anilines is 1. The molecule has 26 heavy (non-hydrogen) atoms. The molecule has 0 atom stereocenters. The summed E-state index contributed by atoms with van der Waals surface area (Å²) in [5.41, 5.74) is 2.05. The molecular formula is C20H22N2O4. The van der Waals surface area contributed by atoms with E-state index < -0.39 is 5.97 Å². The molecule has 6 heteroatoms. The van der Waals surface area contributed by atoms with Gasteiger partial charge in [-0.1, -0.05) is 26.0 Å². The van der Waals surface area contributed by atoms with E-state index in [-0.39, 0.29) is 23.3 Å². The smallest absolute Gasteiger partial charge is 0.335 e. The van der Waals surface area contributed by atoms with E-state index in [2.05, 4.69) is 10.6 Å². The van der Waals surface area contributed by atoms with Crippen molar-refractivity contribution in [2.45, 2.75) is 26.8 Å². The van der Waals surface area contributed by atoms with Gasteiger partial charge in [0.1, 0.15) is 0 Å². The van der Waals surface area contributed by atoms with Crippen molar-refractivity contribution in [3.63, 3.8) is 0 Å². The van der Waals surface area contributed by atoms with E-state index in [4.69, 9.17) is 5.11 Å². The number of carbonyl (C=O) groups excluding carboxylic acids is 2. The van der Waals surface area contributed by atoms with Crippen LogP contribution in [0.2, 0.25) is 0 Å². The first-order valence-corrected chi connectivity index (χ1v) is 8.35. The van der Waals surface area contributed by atoms with Crippen molar-refractivity contribution < 1.29 is 19.5 Å². The molecule has 136 valence electrons. The van der Waals surface area contributed by atoms with Gasteiger partial charge in [-0.25, -0.2) is 4.79 Å². The first-order chi connectivity index (χ1) is 12.3. The van der Waals surface area contributed by atoms with Gasteiger partial charge < -0.3 is 15.7 Å². The fourth-order valence-electron chi connectivity index (χ4n) is 2.39. The Morgan fingerprint density at radius 2 is 1.65 bits per heavy atom. The quantitative estimate of drug-likeness (QED) is 0.711. The van der Waals surface area contributed by atoms with Crippen LogP contribution in [0.3, 0.4) is 0 Å². The molecule has 6 nitrogen and oxygen atoms in total. The van der Waals surface area contributed by atoms with Gasteiger partial charge in [-0.2, -0.15) is 0 Å². The van der Waals surface area contributed by atoms with Crippen LogP contribution in [-0.4, -0.2) is 22.9 Å². The molecule has 2 aromatic rings. The molecular weight excluding hydrogens is 332 g/mol. The summed E-state index contributed by atoms with van der Waals surface area (Å²) in [4.78, 5) is 34.8. The normalized spacial score (nSPS) is 10.4. The molecule has 0 unspecified atom stereocenters. The highest BCUT2D eigenvalue weighted by Crippen LogP contribution is 2.12. The summed E-state index contributed by atoms with van der Waals surface area (Å²) >= 11 is 0. The number of nitrogens with one attached hydrogen (secondary N) is 2. The fraction of sp³-hybridized carbons (Fsp3) is 0.250. The van der Waals surface area contributed by atoms with Crippen LogP contribution in [-0.2, 0) is 11.3 Å². The second-order valence-corrected chi connectivity index (χ2v) is 6.41. The van der Waals surface area contributed by atoms with E-state index >= 15 is 0 Å². The first kappa shape index (κ1) is 19.2. The standard InChI is InChI=1S/C20H22N2O4/c1-13(2)10-18(23)22-17-5-3-4-14(11-17)12-21-19(24)15-6-8-16(9-7-15)20(25)26/h3-9,11,13H,10,12H2,1-2H3,(H,21,24)(H,22,23)(H,25,26). The van der Waals surface area contributed by atoms with Crippen molar-refractivity contribution in [3.05, 3.63) is 65.2 Å². The van der Waals surface area contributed by atoms with Gasteiger partial charge in [-0.05, 0) is 47.9 Å². The van der Waals surface area contributed by atoms with Gasteiger partial charge in [0.15, 0.2) is 0 Å². The highest BCUT2D eigenvalue weighted by molar-refractivity contribution is 5.96. The molecule has 0 fully saturated rings. The monoisotopic (exact) mass is 354 g/mol. The molecule has 0 radical (unpaired) electrons. The van der Waals surface area contributed by atoms with Gasteiger partial charge in [0.05, 0.1) is 5.56 Å². The topological polar surface area (TPSA) is 95.5 Å². The number of carboxylic acid groups (broad SMARTS) is 1. The molecule has 0 aromatic heterocycles. The van der Waals surface area contributed by atoms with Crippen molar-refractivity contribution in [2.24, 2.45) is 5.92 Å². The van der Waals surface area contributed by atoms with E-state index in [0.29, 0.717) is 24.2 Å². The Hall–Kier alpha value is -3.15. The number of hydrogen-bond donors (Lipinski definition) is 3. The third kappa shape index (κ3) is 5.73. The minimum atomic E-state index is -1.03. The number of benzene rings is 2. The van der Waals surface area contributed by atoms with Gasteiger partial charge >= 0.3 is 5.97 Å². The largest absolute Gasteiger partial charge is 0.478 e. The van der Waals surface area contributed by atoms with Gasteiger partial charge in [0.2, 0.25) is 5.91 Å². The van der Waals surface area contributed by atoms with E-state index in [1.54, 1.807) is 6.07 Å². The molecule has 3 N–H and O–H groups in total. The molecule has 0 bridgehead atoms. The van der Waals surface area contributed by atoms with E-state index in [9.17, 15) is 14.4 Å². The number of carbonyl (C=O) groups is 3. The number of rotatable bonds is 7. The summed E-state index contributed by atoms with van der Waals surface area (Å²) in [7, 11) is 0. The zero-order valence-electron chi connectivity index (χ0n) is 14.8. The van der Waals surface area contributed by atoms with Crippen LogP contribution in [0.15, 0.2) is 48.5 Å². The highest BCUT2D eigenvalue weighted by Gasteiger charge is 2.09. The lowest BCUT2D eigenvalue weighted by atomic mass is 10.1. The average Bonchev–Trinajstić information content (AvgIpc) is 2.59. The summed E-state index contributed by atoms with van der Waals surface area (Å²) < 4.78 is 0. The van der Waals surface area contributed by atoms with Crippen molar-refractivity contribution >= 4 is 23.5 Å². The molecule has 0 heterocycles. The second-order valence-electron chi connectivity index (χ2n) is 6.41. The third-order valence-electron chi connectivity index (χ3n) is 3.65. The van der Waals surface area contributed by atoms with Crippen LogP contribution in [0.25, 0.3) is 0 Å². The minimum Gasteiger partial charge on any atom is -0.478 e. The zero-order valence-corrected chi connectivity index (χ0v) is 14.8. The van der Waals surface area contributed by atoms with Crippen molar-refractivity contribution in [2.75, 3.05) is 5.32 Å². The Bertz CT molecular complexity index is 798. The van der Waals surface area contributed by atoms with Gasteiger partial charge in [0, 0.05) is 24.2 Å². The number of hydrogen-bond acceptors (Lipinski definition) is 3. The predicted molar refractivity (Wildman–Crippen MR) is 99.1 cm³/mol. The van der Waals surface area contributed by atoms with E-state index in [1.807, 2.05) is 32.0 Å². The maximum Gasteiger partial charge on any atom is 0.335 e. The Labute approximate surface area is 152 Å². The lowest BCUT2D eigenvalue weighted by Gasteiger charge is -2.10. The molecule has 0 saturated carbocycles. The van der Waals surface area contributed by atoms with Crippen LogP contribution in [0, 0.1) is 5.92 Å². The van der Waals surface area contributed by atoms with Gasteiger partial charge in [-0.3, -0.25) is 9.59 Å². The van der Waals surface area contributed by atoms with Gasteiger partial charge in [-0.15, -0.1) is 0 Å². The van der Waals surface area contributed by atoms with E-state index in [0.717, 1.165) is 5.56 Å². The Kier molecular flexibility index (Phi) is 6.49. The Balaban J connectivity index is 1.94. The molecule has 0 aliphatic rings. The Morgan fingerprint density at radius 1 is 1.00 bits per heavy atom. The average molecular weight is 354 g/mol. The summed E-state index contributed by atoms with van der Waals surface area (Å²) in [5.74, 6) is -1.09. The molecule has 2 rings (SSSR count). The summed E-state index contributed by atoms with van der Waals surface area (Å²) in [5, 5.41) is 14.5. The summed E-state index contributed by atoms with van der Waals surface area (Å²) in [6, 6.07) is 13.0. The molecule has 2 amide bonds. The Morgan fingerprint density at radius 3 is 2.27 bits per heavy atom. The zero-order chi connectivity index (χ0) is 19.1.